The maximum atomic E-state index is 6.27. The molecule has 84 valence electrons. The van der Waals surface area contributed by atoms with Gasteiger partial charge in [0, 0.05) is 5.56 Å². The molecular formula is C12H17ClO2. The van der Waals surface area contributed by atoms with Gasteiger partial charge < -0.3 is 9.47 Å². The molecule has 0 spiro atoms. The number of halogens is 1. The molecule has 1 unspecified atom stereocenters. The molecule has 0 bridgehead atoms. The zero-order chi connectivity index (χ0) is 11.4. The van der Waals surface area contributed by atoms with Crippen molar-refractivity contribution >= 4 is 11.6 Å². The van der Waals surface area contributed by atoms with Gasteiger partial charge in [-0.25, -0.2) is 0 Å². The van der Waals surface area contributed by atoms with Crippen LogP contribution in [0.25, 0.3) is 0 Å². The summed E-state index contributed by atoms with van der Waals surface area (Å²) in [5.74, 6) is 1.48. The first-order valence-corrected chi connectivity index (χ1v) is 5.44. The molecule has 1 aromatic carbocycles. The van der Waals surface area contributed by atoms with Crippen molar-refractivity contribution in [2.45, 2.75) is 25.6 Å². The van der Waals surface area contributed by atoms with Gasteiger partial charge >= 0.3 is 0 Å². The molecule has 0 aliphatic heterocycles. The molecule has 0 fully saturated rings. The molecule has 0 saturated carbocycles. The standard InChI is InChI=1S/C12H17ClO2/c1-5-9(13)11-8(2)6-7-10(14-3)12(11)15-4/h6-7,9H,5H2,1-4H3. The van der Waals surface area contributed by atoms with Crippen LogP contribution in [0.3, 0.4) is 0 Å². The van der Waals surface area contributed by atoms with Crippen molar-refractivity contribution in [1.29, 1.82) is 0 Å². The molecule has 0 aliphatic rings. The number of aryl methyl sites for hydroxylation is 1. The van der Waals surface area contributed by atoms with E-state index in [9.17, 15) is 0 Å². The van der Waals surface area contributed by atoms with Gasteiger partial charge in [0.05, 0.1) is 19.6 Å². The average Bonchev–Trinajstić information content (AvgIpc) is 2.27. The molecule has 0 radical (unpaired) electrons. The lowest BCUT2D eigenvalue weighted by Crippen LogP contribution is -2.00. The molecule has 1 rings (SSSR count). The summed E-state index contributed by atoms with van der Waals surface area (Å²) in [5.41, 5.74) is 2.16. The Morgan fingerprint density at radius 1 is 1.27 bits per heavy atom. The summed E-state index contributed by atoms with van der Waals surface area (Å²) in [6.45, 7) is 4.08. The van der Waals surface area contributed by atoms with Crippen LogP contribution in [0, 0.1) is 6.92 Å². The Bertz CT molecular complexity index is 337. The lowest BCUT2D eigenvalue weighted by molar-refractivity contribution is 0.351. The first kappa shape index (κ1) is 12.2. The molecule has 1 aromatic rings. The average molecular weight is 229 g/mol. The summed E-state index contributed by atoms with van der Waals surface area (Å²) in [5, 5.41) is -0.0324. The zero-order valence-corrected chi connectivity index (χ0v) is 10.4. The highest BCUT2D eigenvalue weighted by Crippen LogP contribution is 2.40. The third-order valence-electron chi connectivity index (χ3n) is 2.47. The molecule has 0 N–H and O–H groups in total. The van der Waals surface area contributed by atoms with Crippen molar-refractivity contribution in [3.63, 3.8) is 0 Å². The normalized spacial score (nSPS) is 12.3. The van der Waals surface area contributed by atoms with Crippen LogP contribution in [0.2, 0.25) is 0 Å². The second-order valence-electron chi connectivity index (χ2n) is 3.41. The topological polar surface area (TPSA) is 18.5 Å². The van der Waals surface area contributed by atoms with E-state index in [1.54, 1.807) is 14.2 Å². The van der Waals surface area contributed by atoms with Crippen LogP contribution in [0.1, 0.15) is 29.8 Å². The Kier molecular flexibility index (Phi) is 4.28. The summed E-state index contributed by atoms with van der Waals surface area (Å²) in [7, 11) is 3.27. The lowest BCUT2D eigenvalue weighted by atomic mass is 10.0. The number of alkyl halides is 1. The lowest BCUT2D eigenvalue weighted by Gasteiger charge is -2.17. The molecule has 0 aliphatic carbocycles. The number of ether oxygens (including phenoxy) is 2. The van der Waals surface area contributed by atoms with Crippen LogP contribution in [-0.4, -0.2) is 14.2 Å². The van der Waals surface area contributed by atoms with Crippen LogP contribution < -0.4 is 9.47 Å². The third kappa shape index (κ3) is 2.37. The van der Waals surface area contributed by atoms with Crippen molar-refractivity contribution < 1.29 is 9.47 Å². The Hall–Kier alpha value is -0.890. The predicted octanol–water partition coefficient (Wildman–Crippen LogP) is 3.70. The minimum absolute atomic E-state index is 0.0324. The molecule has 0 saturated heterocycles. The molecule has 0 heterocycles. The maximum absolute atomic E-state index is 6.27. The SMILES string of the molecule is CCC(Cl)c1c(C)ccc(OC)c1OC. The van der Waals surface area contributed by atoms with Gasteiger partial charge in [-0.1, -0.05) is 13.0 Å². The van der Waals surface area contributed by atoms with Gasteiger partial charge in [-0.2, -0.15) is 0 Å². The number of hydrogen-bond donors (Lipinski definition) is 0. The second-order valence-corrected chi connectivity index (χ2v) is 3.93. The van der Waals surface area contributed by atoms with Gasteiger partial charge in [0.15, 0.2) is 11.5 Å². The smallest absolute Gasteiger partial charge is 0.165 e. The zero-order valence-electron chi connectivity index (χ0n) is 9.63. The van der Waals surface area contributed by atoms with E-state index in [2.05, 4.69) is 6.92 Å². The largest absolute Gasteiger partial charge is 0.493 e. The summed E-state index contributed by atoms with van der Waals surface area (Å²) in [6.07, 6.45) is 0.867. The minimum atomic E-state index is -0.0324. The van der Waals surface area contributed by atoms with E-state index < -0.39 is 0 Å². The van der Waals surface area contributed by atoms with Crippen molar-refractivity contribution in [2.75, 3.05) is 14.2 Å². The van der Waals surface area contributed by atoms with E-state index in [0.717, 1.165) is 29.0 Å². The molecule has 3 heteroatoms. The quantitative estimate of drug-likeness (QED) is 0.732. The summed E-state index contributed by atoms with van der Waals surface area (Å²) >= 11 is 6.27. The van der Waals surface area contributed by atoms with E-state index in [-0.39, 0.29) is 5.38 Å². The van der Waals surface area contributed by atoms with Crippen LogP contribution >= 0.6 is 11.6 Å². The van der Waals surface area contributed by atoms with Gasteiger partial charge in [0.1, 0.15) is 0 Å². The van der Waals surface area contributed by atoms with E-state index in [1.165, 1.54) is 0 Å². The fraction of sp³-hybridized carbons (Fsp3) is 0.500. The molecule has 2 nitrogen and oxygen atoms in total. The Morgan fingerprint density at radius 3 is 2.40 bits per heavy atom. The maximum Gasteiger partial charge on any atom is 0.165 e. The van der Waals surface area contributed by atoms with Crippen LogP contribution in [0.5, 0.6) is 11.5 Å². The fourth-order valence-electron chi connectivity index (χ4n) is 1.64. The van der Waals surface area contributed by atoms with Crippen molar-refractivity contribution in [2.24, 2.45) is 0 Å². The highest BCUT2D eigenvalue weighted by Gasteiger charge is 2.18. The highest BCUT2D eigenvalue weighted by molar-refractivity contribution is 6.21. The predicted molar refractivity (Wildman–Crippen MR) is 63.2 cm³/mol. The van der Waals surface area contributed by atoms with E-state index in [1.807, 2.05) is 19.1 Å². The highest BCUT2D eigenvalue weighted by atomic mass is 35.5. The first-order valence-electron chi connectivity index (χ1n) is 5.01. The van der Waals surface area contributed by atoms with Crippen molar-refractivity contribution in [3.8, 4) is 11.5 Å². The van der Waals surface area contributed by atoms with Crippen LogP contribution in [-0.2, 0) is 0 Å². The summed E-state index contributed by atoms with van der Waals surface area (Å²) in [6, 6.07) is 3.90. The van der Waals surface area contributed by atoms with Gasteiger partial charge in [-0.3, -0.25) is 0 Å². The van der Waals surface area contributed by atoms with Gasteiger partial charge in [-0.05, 0) is 25.0 Å². The van der Waals surface area contributed by atoms with Crippen LogP contribution in [0.4, 0.5) is 0 Å². The van der Waals surface area contributed by atoms with E-state index >= 15 is 0 Å². The minimum Gasteiger partial charge on any atom is -0.493 e. The van der Waals surface area contributed by atoms with Gasteiger partial charge in [-0.15, -0.1) is 11.6 Å². The molecule has 0 amide bonds. The fourth-order valence-corrected chi connectivity index (χ4v) is 1.91. The number of hydrogen-bond acceptors (Lipinski definition) is 2. The second kappa shape index (κ2) is 5.26. The number of methoxy groups -OCH3 is 2. The van der Waals surface area contributed by atoms with E-state index in [4.69, 9.17) is 21.1 Å². The summed E-state index contributed by atoms with van der Waals surface area (Å²) < 4.78 is 10.6. The number of rotatable bonds is 4. The molecule has 15 heavy (non-hydrogen) atoms. The molecular weight excluding hydrogens is 212 g/mol. The molecule has 1 atom stereocenters. The van der Waals surface area contributed by atoms with E-state index in [0.29, 0.717) is 0 Å². The Balaban J connectivity index is 3.31. The third-order valence-corrected chi connectivity index (χ3v) is 3.00. The monoisotopic (exact) mass is 228 g/mol. The van der Waals surface area contributed by atoms with Crippen molar-refractivity contribution in [1.82, 2.24) is 0 Å². The van der Waals surface area contributed by atoms with Gasteiger partial charge in [0.25, 0.3) is 0 Å². The van der Waals surface area contributed by atoms with Crippen LogP contribution in [0.15, 0.2) is 12.1 Å². The first-order chi connectivity index (χ1) is 7.15. The van der Waals surface area contributed by atoms with Gasteiger partial charge in [0.2, 0.25) is 0 Å². The Labute approximate surface area is 96.2 Å². The molecule has 0 aromatic heterocycles. The summed E-state index contributed by atoms with van der Waals surface area (Å²) in [4.78, 5) is 0. The van der Waals surface area contributed by atoms with Crippen molar-refractivity contribution in [3.05, 3.63) is 23.3 Å². The Morgan fingerprint density at radius 2 is 1.93 bits per heavy atom. The number of benzene rings is 1.